The van der Waals surface area contributed by atoms with Gasteiger partial charge in [0.1, 0.15) is 0 Å². The number of amides is 1. The van der Waals surface area contributed by atoms with Gasteiger partial charge < -0.3 is 9.64 Å². The monoisotopic (exact) mass is 290 g/mol. The Hall–Kier alpha value is -1.43. The molecule has 4 rings (SSSR count). The Morgan fingerprint density at radius 2 is 2.33 bits per heavy atom. The zero-order chi connectivity index (χ0) is 14.3. The van der Waals surface area contributed by atoms with Gasteiger partial charge in [-0.15, -0.1) is 5.10 Å². The predicted molar refractivity (Wildman–Crippen MR) is 75.8 cm³/mol. The molecule has 1 amide bonds. The van der Waals surface area contributed by atoms with Gasteiger partial charge in [0.15, 0.2) is 5.69 Å². The van der Waals surface area contributed by atoms with E-state index < -0.39 is 0 Å². The van der Waals surface area contributed by atoms with E-state index in [1.54, 1.807) is 0 Å². The first kappa shape index (κ1) is 13.2. The molecule has 3 aliphatic rings. The fraction of sp³-hybridized carbons (Fsp3) is 0.800. The SMILES string of the molecule is O=C(c1cn(CCC2CC2)nn1)N1CCCC12CCOC2. The lowest BCUT2D eigenvalue weighted by Gasteiger charge is -2.33. The number of likely N-dealkylation sites (tertiary alicyclic amines) is 1. The molecule has 114 valence electrons. The summed E-state index contributed by atoms with van der Waals surface area (Å²) < 4.78 is 7.36. The van der Waals surface area contributed by atoms with Crippen molar-refractivity contribution in [2.45, 2.75) is 50.6 Å². The standard InChI is InChI=1S/C15H22N4O2/c20-14(19-7-1-5-15(19)6-9-21-11-15)13-10-18(17-16-13)8-4-12-2-3-12/h10,12H,1-9,11H2. The number of hydrogen-bond acceptors (Lipinski definition) is 4. The summed E-state index contributed by atoms with van der Waals surface area (Å²) in [7, 11) is 0. The van der Waals surface area contributed by atoms with Crippen LogP contribution < -0.4 is 0 Å². The van der Waals surface area contributed by atoms with Gasteiger partial charge in [0.05, 0.1) is 18.3 Å². The summed E-state index contributed by atoms with van der Waals surface area (Å²) >= 11 is 0. The van der Waals surface area contributed by atoms with Crippen molar-refractivity contribution in [3.8, 4) is 0 Å². The maximum absolute atomic E-state index is 12.7. The highest BCUT2D eigenvalue weighted by Crippen LogP contribution is 2.37. The number of aryl methyl sites for hydroxylation is 1. The Bertz CT molecular complexity index is 526. The minimum Gasteiger partial charge on any atom is -0.379 e. The molecule has 0 aromatic carbocycles. The second-order valence-electron chi connectivity index (χ2n) is 6.69. The van der Waals surface area contributed by atoms with Gasteiger partial charge in [-0.25, -0.2) is 0 Å². The fourth-order valence-corrected chi connectivity index (χ4v) is 3.63. The topological polar surface area (TPSA) is 60.2 Å². The molecule has 1 spiro atoms. The molecular weight excluding hydrogens is 268 g/mol. The molecule has 0 bridgehead atoms. The predicted octanol–water partition coefficient (Wildman–Crippen LogP) is 1.47. The summed E-state index contributed by atoms with van der Waals surface area (Å²) in [6, 6.07) is 0. The Kier molecular flexibility index (Phi) is 3.21. The molecule has 2 aliphatic heterocycles. The molecule has 0 radical (unpaired) electrons. The van der Waals surface area contributed by atoms with Gasteiger partial charge in [0.25, 0.3) is 5.91 Å². The first-order chi connectivity index (χ1) is 10.3. The number of carbonyl (C=O) groups excluding carboxylic acids is 1. The summed E-state index contributed by atoms with van der Waals surface area (Å²) in [6.45, 7) is 3.13. The van der Waals surface area contributed by atoms with Crippen molar-refractivity contribution in [2.75, 3.05) is 19.8 Å². The van der Waals surface area contributed by atoms with Gasteiger partial charge in [-0.1, -0.05) is 18.1 Å². The van der Waals surface area contributed by atoms with Crippen molar-refractivity contribution in [2.24, 2.45) is 5.92 Å². The maximum atomic E-state index is 12.7. The van der Waals surface area contributed by atoms with E-state index in [1.165, 1.54) is 12.8 Å². The molecule has 0 N–H and O–H groups in total. The van der Waals surface area contributed by atoms with Crippen molar-refractivity contribution >= 4 is 5.91 Å². The Balaban J connectivity index is 1.46. The summed E-state index contributed by atoms with van der Waals surface area (Å²) in [6.07, 6.45) is 8.71. The van der Waals surface area contributed by atoms with Gasteiger partial charge in [-0.2, -0.15) is 0 Å². The van der Waals surface area contributed by atoms with Crippen LogP contribution in [0.25, 0.3) is 0 Å². The van der Waals surface area contributed by atoms with Crippen LogP contribution in [0.5, 0.6) is 0 Å². The number of carbonyl (C=O) groups is 1. The Morgan fingerprint density at radius 1 is 1.43 bits per heavy atom. The van der Waals surface area contributed by atoms with Gasteiger partial charge in [0.2, 0.25) is 0 Å². The minimum atomic E-state index is -0.0745. The van der Waals surface area contributed by atoms with E-state index in [1.807, 2.05) is 15.8 Å². The smallest absolute Gasteiger partial charge is 0.276 e. The van der Waals surface area contributed by atoms with E-state index in [0.717, 1.165) is 51.3 Å². The third-order valence-electron chi connectivity index (χ3n) is 5.15. The summed E-state index contributed by atoms with van der Waals surface area (Å²) in [4.78, 5) is 14.7. The van der Waals surface area contributed by atoms with Crippen molar-refractivity contribution < 1.29 is 9.53 Å². The quantitative estimate of drug-likeness (QED) is 0.842. The first-order valence-corrected chi connectivity index (χ1v) is 8.07. The van der Waals surface area contributed by atoms with Crippen molar-refractivity contribution in [3.05, 3.63) is 11.9 Å². The lowest BCUT2D eigenvalue weighted by Crippen LogP contribution is -2.48. The number of nitrogens with zero attached hydrogens (tertiary/aromatic N) is 4. The van der Waals surface area contributed by atoms with E-state index in [-0.39, 0.29) is 11.4 Å². The van der Waals surface area contributed by atoms with Crippen LogP contribution in [0.1, 0.15) is 49.0 Å². The second kappa shape index (κ2) is 5.09. The third kappa shape index (κ3) is 2.46. The number of ether oxygens (including phenoxy) is 1. The minimum absolute atomic E-state index is 0.0238. The highest BCUT2D eigenvalue weighted by atomic mass is 16.5. The van der Waals surface area contributed by atoms with Crippen LogP contribution in [0, 0.1) is 5.92 Å². The van der Waals surface area contributed by atoms with Crippen LogP contribution in [-0.2, 0) is 11.3 Å². The summed E-state index contributed by atoms with van der Waals surface area (Å²) in [5, 5.41) is 8.21. The highest BCUT2D eigenvalue weighted by molar-refractivity contribution is 5.92. The molecule has 3 fully saturated rings. The van der Waals surface area contributed by atoms with Gasteiger partial charge in [0, 0.05) is 19.7 Å². The van der Waals surface area contributed by atoms with Gasteiger partial charge in [-0.3, -0.25) is 9.48 Å². The molecule has 3 heterocycles. The largest absolute Gasteiger partial charge is 0.379 e. The Morgan fingerprint density at radius 3 is 3.10 bits per heavy atom. The van der Waals surface area contributed by atoms with Crippen LogP contribution in [-0.4, -0.2) is 51.1 Å². The molecule has 1 aromatic rings. The van der Waals surface area contributed by atoms with Crippen LogP contribution in [0.15, 0.2) is 6.20 Å². The normalized spacial score (nSPS) is 28.7. The second-order valence-corrected chi connectivity index (χ2v) is 6.69. The molecule has 6 nitrogen and oxygen atoms in total. The van der Waals surface area contributed by atoms with E-state index in [9.17, 15) is 4.79 Å². The molecular formula is C15H22N4O2. The number of rotatable bonds is 4. The molecule has 1 unspecified atom stereocenters. The van der Waals surface area contributed by atoms with Crippen molar-refractivity contribution in [1.29, 1.82) is 0 Å². The third-order valence-corrected chi connectivity index (χ3v) is 5.15. The van der Waals surface area contributed by atoms with Crippen LogP contribution >= 0.6 is 0 Å². The van der Waals surface area contributed by atoms with E-state index in [4.69, 9.17) is 4.74 Å². The van der Waals surface area contributed by atoms with Gasteiger partial charge >= 0.3 is 0 Å². The molecule has 1 aliphatic carbocycles. The molecule has 2 saturated heterocycles. The zero-order valence-corrected chi connectivity index (χ0v) is 12.3. The summed E-state index contributed by atoms with van der Waals surface area (Å²) in [5.41, 5.74) is 0.411. The lowest BCUT2D eigenvalue weighted by atomic mass is 9.95. The molecule has 21 heavy (non-hydrogen) atoms. The van der Waals surface area contributed by atoms with Crippen molar-refractivity contribution in [1.82, 2.24) is 19.9 Å². The lowest BCUT2D eigenvalue weighted by molar-refractivity contribution is 0.0544. The van der Waals surface area contributed by atoms with Crippen LogP contribution in [0.4, 0.5) is 0 Å². The van der Waals surface area contributed by atoms with E-state index in [0.29, 0.717) is 12.3 Å². The zero-order valence-electron chi connectivity index (χ0n) is 12.3. The van der Waals surface area contributed by atoms with Crippen LogP contribution in [0.3, 0.4) is 0 Å². The van der Waals surface area contributed by atoms with Crippen molar-refractivity contribution in [3.63, 3.8) is 0 Å². The maximum Gasteiger partial charge on any atom is 0.276 e. The fourth-order valence-electron chi connectivity index (χ4n) is 3.63. The van der Waals surface area contributed by atoms with Crippen LogP contribution in [0.2, 0.25) is 0 Å². The molecule has 1 atom stereocenters. The number of hydrogen-bond donors (Lipinski definition) is 0. The molecule has 1 aromatic heterocycles. The number of aromatic nitrogens is 3. The van der Waals surface area contributed by atoms with Gasteiger partial charge in [-0.05, 0) is 31.6 Å². The first-order valence-electron chi connectivity index (χ1n) is 8.07. The average Bonchev–Trinajstić information content (AvgIpc) is 2.95. The van der Waals surface area contributed by atoms with E-state index >= 15 is 0 Å². The molecule has 1 saturated carbocycles. The summed E-state index contributed by atoms with van der Waals surface area (Å²) in [5.74, 6) is 0.890. The highest BCUT2D eigenvalue weighted by Gasteiger charge is 2.47. The average molecular weight is 290 g/mol. The Labute approximate surface area is 124 Å². The van der Waals surface area contributed by atoms with E-state index in [2.05, 4.69) is 10.3 Å². The molecule has 6 heteroatoms.